The van der Waals surface area contributed by atoms with E-state index < -0.39 is 58.6 Å². The van der Waals surface area contributed by atoms with Crippen LogP contribution in [0, 0.1) is 5.41 Å². The maximum atomic E-state index is 13.1. The van der Waals surface area contributed by atoms with Gasteiger partial charge in [-0.3, -0.25) is 19.6 Å². The van der Waals surface area contributed by atoms with Gasteiger partial charge in [0.05, 0.1) is 6.04 Å². The molecule has 2 amide bonds. The molecule has 2 aromatic rings. The Morgan fingerprint density at radius 2 is 2.05 bits per heavy atom. The molecule has 2 saturated heterocycles. The number of amidine groups is 1. The number of oxime groups is 1. The average molecular weight is 659 g/mol. The Hall–Kier alpha value is -4.04. The third-order valence-corrected chi connectivity index (χ3v) is 8.51. The Balaban J connectivity index is 1.44. The second-order valence-electron chi connectivity index (χ2n) is 9.39. The highest BCUT2D eigenvalue weighted by Gasteiger charge is 2.51. The predicted molar refractivity (Wildman–Crippen MR) is 154 cm³/mol. The van der Waals surface area contributed by atoms with Crippen molar-refractivity contribution in [3.63, 3.8) is 0 Å². The number of aromatic nitrogens is 1. The van der Waals surface area contributed by atoms with Crippen LogP contribution in [0.15, 0.2) is 29.4 Å². The summed E-state index contributed by atoms with van der Waals surface area (Å²) in [5.74, 6) is -3.22. The van der Waals surface area contributed by atoms with E-state index in [-0.39, 0.29) is 37.1 Å². The number of nitrogens with two attached hydrogens (primary N) is 1. The van der Waals surface area contributed by atoms with Crippen molar-refractivity contribution >= 4 is 67.7 Å². The zero-order valence-electron chi connectivity index (χ0n) is 22.3. The van der Waals surface area contributed by atoms with Gasteiger partial charge < -0.3 is 36.4 Å². The highest BCUT2D eigenvalue weighted by atomic mass is 35.5. The summed E-state index contributed by atoms with van der Waals surface area (Å²) in [7, 11) is -4.85. The number of nitrogens with one attached hydrogen (secondary N) is 4. The fourth-order valence-electron chi connectivity index (χ4n) is 4.19. The van der Waals surface area contributed by atoms with Gasteiger partial charge >= 0.3 is 16.3 Å². The largest absolute Gasteiger partial charge is 0.489 e. The van der Waals surface area contributed by atoms with Crippen LogP contribution in [0.3, 0.4) is 0 Å². The third kappa shape index (κ3) is 7.49. The minimum absolute atomic E-state index is 0.0594. The van der Waals surface area contributed by atoms with Gasteiger partial charge in [0.15, 0.2) is 10.8 Å². The Bertz CT molecular complexity index is 1540. The molecule has 1 aromatic carbocycles. The molecule has 232 valence electrons. The van der Waals surface area contributed by atoms with E-state index in [2.05, 4.69) is 26.1 Å². The van der Waals surface area contributed by atoms with Crippen molar-refractivity contribution in [2.45, 2.75) is 37.6 Å². The Kier molecular flexibility index (Phi) is 9.70. The number of ether oxygens (including phenoxy) is 1. The van der Waals surface area contributed by atoms with Gasteiger partial charge in [0, 0.05) is 18.2 Å². The van der Waals surface area contributed by atoms with Crippen LogP contribution >= 0.6 is 22.9 Å². The number of carbonyl (C=O) groups excluding carboxylic acids is 2. The second-order valence-corrected chi connectivity index (χ2v) is 12.3. The molecule has 0 bridgehead atoms. The molecule has 0 saturated carbocycles. The van der Waals surface area contributed by atoms with Crippen molar-refractivity contribution in [2.24, 2.45) is 5.16 Å². The fourth-order valence-corrected chi connectivity index (χ4v) is 6.00. The molecule has 0 unspecified atom stereocenters. The summed E-state index contributed by atoms with van der Waals surface area (Å²) in [6.07, 6.45) is -0.829. The number of anilines is 1. The number of rotatable bonds is 12. The van der Waals surface area contributed by atoms with Gasteiger partial charge in [-0.2, -0.15) is 8.42 Å². The summed E-state index contributed by atoms with van der Waals surface area (Å²) in [5, 5.41) is 30.0. The van der Waals surface area contributed by atoms with Gasteiger partial charge in [0.1, 0.15) is 34.3 Å². The number of carboxylic acid groups (broad SMARTS) is 1. The van der Waals surface area contributed by atoms with Crippen LogP contribution in [-0.4, -0.2) is 101 Å². The number of aliphatic carboxylic acids is 1. The van der Waals surface area contributed by atoms with E-state index in [0.29, 0.717) is 5.56 Å². The van der Waals surface area contributed by atoms with Gasteiger partial charge in [-0.05, 0) is 44.2 Å². The molecule has 2 aliphatic heterocycles. The number of hydrogen-bond donors (Lipinski definition) is 7. The molecule has 4 atom stereocenters. The standard InChI is InChI=1S/C23H27ClN8O9S2/c1-10-15(21(34)32(10)43(37,38)39)29-20(33)17(16-18(24)42-23(26)30-16)31-41-14(22(35)36)9-40-13-4-2-11(3-5-13)19(25)28-12-6-7-27-8-12/h2-5,10,12,14-15,27H,6-9H2,1H3,(H2,25,28)(H2,26,30)(H,29,33)(H,35,36)(H,37,38,39)/b31-17-/t10-,12-,14-,15-/m0/s1. The maximum Gasteiger partial charge on any atom is 0.362 e. The summed E-state index contributed by atoms with van der Waals surface area (Å²) in [6.45, 7) is 2.35. The van der Waals surface area contributed by atoms with Crippen LogP contribution in [0.4, 0.5) is 5.13 Å². The van der Waals surface area contributed by atoms with Crippen molar-refractivity contribution in [1.29, 1.82) is 5.41 Å². The normalized spacial score (nSPS) is 21.1. The summed E-state index contributed by atoms with van der Waals surface area (Å²) in [6, 6.07) is 3.99. The van der Waals surface area contributed by atoms with Gasteiger partial charge in [0.2, 0.25) is 0 Å². The molecule has 0 aliphatic carbocycles. The predicted octanol–water partition coefficient (Wildman–Crippen LogP) is -0.573. The highest BCUT2D eigenvalue weighted by molar-refractivity contribution is 7.84. The Morgan fingerprint density at radius 3 is 2.58 bits per heavy atom. The summed E-state index contributed by atoms with van der Waals surface area (Å²) in [5.41, 5.74) is 5.33. The molecule has 43 heavy (non-hydrogen) atoms. The number of β-lactam (4-membered cyclic amide) rings is 1. The molecular weight excluding hydrogens is 632 g/mol. The van der Waals surface area contributed by atoms with Gasteiger partial charge in [0.25, 0.3) is 17.9 Å². The van der Waals surface area contributed by atoms with Crippen LogP contribution in [-0.2, 0) is 29.5 Å². The fraction of sp³-hybridized carbons (Fsp3) is 0.391. The SMILES string of the molecule is C[C@H]1[C@H](NC(=O)/C(=N\O[C@@H](COc2ccc(C(=N)N[C@H]3CCNC3)cc2)C(=O)O)c2nc(N)sc2Cl)C(=O)N1S(=O)(=O)O. The van der Waals surface area contributed by atoms with E-state index in [0.717, 1.165) is 30.8 Å². The first-order valence-corrected chi connectivity index (χ1v) is 15.1. The van der Waals surface area contributed by atoms with Crippen LogP contribution in [0.1, 0.15) is 24.6 Å². The molecular formula is C23H27ClN8O9S2. The van der Waals surface area contributed by atoms with Crippen LogP contribution in [0.25, 0.3) is 0 Å². The zero-order chi connectivity index (χ0) is 31.5. The topological polar surface area (TPSA) is 259 Å². The number of thiazole rings is 1. The summed E-state index contributed by atoms with van der Waals surface area (Å²) < 4.78 is 37.5. The van der Waals surface area contributed by atoms with E-state index in [1.807, 2.05) is 0 Å². The quantitative estimate of drug-likeness (QED) is 0.0496. The van der Waals surface area contributed by atoms with E-state index in [1.165, 1.54) is 6.92 Å². The van der Waals surface area contributed by atoms with Crippen molar-refractivity contribution in [1.82, 2.24) is 25.2 Å². The lowest BCUT2D eigenvalue weighted by Crippen LogP contribution is -2.71. The smallest absolute Gasteiger partial charge is 0.362 e. The molecule has 17 nitrogen and oxygen atoms in total. The van der Waals surface area contributed by atoms with E-state index >= 15 is 0 Å². The monoisotopic (exact) mass is 658 g/mol. The second kappa shape index (κ2) is 13.1. The highest BCUT2D eigenvalue weighted by Crippen LogP contribution is 2.28. The first kappa shape index (κ1) is 31.9. The number of halogens is 1. The van der Waals surface area contributed by atoms with E-state index in [9.17, 15) is 32.5 Å². The molecule has 4 rings (SSSR count). The molecule has 20 heteroatoms. The first-order valence-electron chi connectivity index (χ1n) is 12.6. The molecule has 0 spiro atoms. The lowest BCUT2D eigenvalue weighted by atomic mass is 10.0. The van der Waals surface area contributed by atoms with Crippen molar-refractivity contribution in [2.75, 3.05) is 25.4 Å². The van der Waals surface area contributed by atoms with Gasteiger partial charge in [-0.1, -0.05) is 28.1 Å². The first-order chi connectivity index (χ1) is 20.3. The molecule has 2 fully saturated rings. The number of amides is 2. The lowest BCUT2D eigenvalue weighted by Gasteiger charge is -2.42. The van der Waals surface area contributed by atoms with Crippen molar-refractivity contribution in [3.05, 3.63) is 39.9 Å². The molecule has 0 radical (unpaired) electrons. The van der Waals surface area contributed by atoms with Crippen molar-refractivity contribution < 1.29 is 42.0 Å². The number of hydrogen-bond acceptors (Lipinski definition) is 13. The van der Waals surface area contributed by atoms with Gasteiger partial charge in [-0.15, -0.1) is 0 Å². The minimum Gasteiger partial charge on any atom is -0.489 e. The Morgan fingerprint density at radius 1 is 1.35 bits per heavy atom. The molecule has 2 aliphatic rings. The summed E-state index contributed by atoms with van der Waals surface area (Å²) in [4.78, 5) is 46.2. The molecule has 1 aromatic heterocycles. The minimum atomic E-state index is -4.85. The van der Waals surface area contributed by atoms with Crippen LogP contribution in [0.2, 0.25) is 4.34 Å². The number of nitrogen functional groups attached to an aromatic ring is 1. The van der Waals surface area contributed by atoms with E-state index in [4.69, 9.17) is 32.3 Å². The Labute approximate surface area is 253 Å². The number of carboxylic acids is 1. The van der Waals surface area contributed by atoms with Crippen LogP contribution in [0.5, 0.6) is 5.75 Å². The maximum absolute atomic E-state index is 13.1. The number of nitrogens with zero attached hydrogens (tertiary/aromatic N) is 3. The zero-order valence-corrected chi connectivity index (χ0v) is 24.7. The number of benzene rings is 1. The average Bonchev–Trinajstić information content (AvgIpc) is 3.57. The number of carbonyl (C=O) groups is 3. The summed E-state index contributed by atoms with van der Waals surface area (Å²) >= 11 is 6.90. The van der Waals surface area contributed by atoms with E-state index in [1.54, 1.807) is 24.3 Å². The van der Waals surface area contributed by atoms with Crippen LogP contribution < -0.4 is 26.4 Å². The molecule has 3 heterocycles. The molecule has 8 N–H and O–H groups in total. The van der Waals surface area contributed by atoms with Gasteiger partial charge in [-0.25, -0.2) is 14.1 Å². The lowest BCUT2D eigenvalue weighted by molar-refractivity contribution is -0.152. The van der Waals surface area contributed by atoms with Crippen molar-refractivity contribution in [3.8, 4) is 5.75 Å². The third-order valence-electron chi connectivity index (χ3n) is 6.41.